The van der Waals surface area contributed by atoms with E-state index in [9.17, 15) is 24.5 Å². The van der Waals surface area contributed by atoms with Gasteiger partial charge in [-0.1, -0.05) is 0 Å². The SMILES string of the molecule is CCNC(=O)NC(=O)Cn1cc([N+](=O)[O-])ccc1=O. The first-order chi connectivity index (χ1) is 8.93. The lowest BCUT2D eigenvalue weighted by molar-refractivity contribution is -0.385. The molecule has 0 radical (unpaired) electrons. The van der Waals surface area contributed by atoms with E-state index in [0.29, 0.717) is 6.54 Å². The fraction of sp³-hybridized carbons (Fsp3) is 0.300. The van der Waals surface area contributed by atoms with Gasteiger partial charge in [0.2, 0.25) is 5.91 Å². The number of imide groups is 1. The molecule has 0 bridgehead atoms. The van der Waals surface area contributed by atoms with Crippen molar-refractivity contribution in [1.82, 2.24) is 15.2 Å². The number of nitro groups is 1. The van der Waals surface area contributed by atoms with Crippen molar-refractivity contribution in [2.24, 2.45) is 0 Å². The zero-order chi connectivity index (χ0) is 14.4. The first kappa shape index (κ1) is 14.4. The quantitative estimate of drug-likeness (QED) is 0.568. The number of hydrogen-bond acceptors (Lipinski definition) is 5. The van der Waals surface area contributed by atoms with Crippen molar-refractivity contribution in [2.45, 2.75) is 13.5 Å². The van der Waals surface area contributed by atoms with Gasteiger partial charge in [0.1, 0.15) is 6.54 Å². The number of pyridine rings is 1. The van der Waals surface area contributed by atoms with Crippen molar-refractivity contribution < 1.29 is 14.5 Å². The lowest BCUT2D eigenvalue weighted by Gasteiger charge is -2.06. The van der Waals surface area contributed by atoms with Crippen LogP contribution in [0.2, 0.25) is 0 Å². The molecular weight excluding hydrogens is 256 g/mol. The van der Waals surface area contributed by atoms with Gasteiger partial charge in [-0.15, -0.1) is 0 Å². The second-order valence-corrected chi connectivity index (χ2v) is 3.52. The minimum atomic E-state index is -0.742. The average molecular weight is 268 g/mol. The van der Waals surface area contributed by atoms with E-state index in [0.717, 1.165) is 22.9 Å². The van der Waals surface area contributed by atoms with Crippen molar-refractivity contribution >= 4 is 17.6 Å². The van der Waals surface area contributed by atoms with E-state index in [1.54, 1.807) is 6.92 Å². The Morgan fingerprint density at radius 3 is 2.68 bits per heavy atom. The summed E-state index contributed by atoms with van der Waals surface area (Å²) in [6.45, 7) is 1.54. The smallest absolute Gasteiger partial charge is 0.321 e. The van der Waals surface area contributed by atoms with Gasteiger partial charge >= 0.3 is 6.03 Å². The molecule has 0 spiro atoms. The summed E-state index contributed by atoms with van der Waals surface area (Å²) in [5.41, 5.74) is -0.887. The molecule has 1 aromatic rings. The summed E-state index contributed by atoms with van der Waals surface area (Å²) in [6, 6.07) is 1.34. The third kappa shape index (κ3) is 4.22. The highest BCUT2D eigenvalue weighted by Gasteiger charge is 2.12. The standard InChI is InChI=1S/C10H12N4O5/c1-2-11-10(17)12-8(15)6-13-5-7(14(18)19)3-4-9(13)16/h3-5H,2,6H2,1H3,(H2,11,12,15,17). The van der Waals surface area contributed by atoms with E-state index >= 15 is 0 Å². The number of rotatable bonds is 4. The van der Waals surface area contributed by atoms with E-state index in [4.69, 9.17) is 0 Å². The Bertz CT molecular complexity index is 565. The molecular formula is C10H12N4O5. The van der Waals surface area contributed by atoms with Crippen LogP contribution in [0.25, 0.3) is 0 Å². The molecule has 9 heteroatoms. The number of nitrogens with one attached hydrogen (secondary N) is 2. The van der Waals surface area contributed by atoms with Gasteiger partial charge in [0.05, 0.1) is 11.1 Å². The van der Waals surface area contributed by atoms with Gasteiger partial charge in [0.15, 0.2) is 0 Å². The molecule has 19 heavy (non-hydrogen) atoms. The fourth-order valence-electron chi connectivity index (χ4n) is 1.28. The van der Waals surface area contributed by atoms with Crippen LogP contribution in [0.15, 0.2) is 23.1 Å². The molecule has 102 valence electrons. The Hall–Kier alpha value is -2.71. The Labute approximate surface area is 107 Å². The van der Waals surface area contributed by atoms with E-state index < -0.39 is 29.0 Å². The molecule has 0 atom stereocenters. The maximum Gasteiger partial charge on any atom is 0.321 e. The van der Waals surface area contributed by atoms with Gasteiger partial charge in [0.25, 0.3) is 11.2 Å². The molecule has 0 saturated carbocycles. The minimum Gasteiger partial charge on any atom is -0.338 e. The highest BCUT2D eigenvalue weighted by atomic mass is 16.6. The van der Waals surface area contributed by atoms with Gasteiger partial charge < -0.3 is 5.32 Å². The summed E-state index contributed by atoms with van der Waals surface area (Å²) in [5, 5.41) is 14.9. The van der Waals surface area contributed by atoms with Crippen molar-refractivity contribution in [3.8, 4) is 0 Å². The molecule has 0 aliphatic carbocycles. The summed E-state index contributed by atoms with van der Waals surface area (Å²) in [7, 11) is 0. The van der Waals surface area contributed by atoms with Crippen molar-refractivity contribution in [3.63, 3.8) is 0 Å². The van der Waals surface area contributed by atoms with E-state index in [1.807, 2.05) is 5.32 Å². The zero-order valence-electron chi connectivity index (χ0n) is 10.1. The lowest BCUT2D eigenvalue weighted by atomic mass is 10.4. The van der Waals surface area contributed by atoms with E-state index in [2.05, 4.69) is 5.32 Å². The van der Waals surface area contributed by atoms with Crippen molar-refractivity contribution in [1.29, 1.82) is 0 Å². The molecule has 0 aliphatic rings. The first-order valence-corrected chi connectivity index (χ1v) is 5.36. The molecule has 0 aliphatic heterocycles. The van der Waals surface area contributed by atoms with Gasteiger partial charge in [0, 0.05) is 18.7 Å². The van der Waals surface area contributed by atoms with Crippen LogP contribution >= 0.6 is 0 Å². The summed E-state index contributed by atoms with van der Waals surface area (Å²) in [5.74, 6) is -0.742. The highest BCUT2D eigenvalue weighted by Crippen LogP contribution is 2.05. The summed E-state index contributed by atoms with van der Waals surface area (Å²) >= 11 is 0. The monoisotopic (exact) mass is 268 g/mol. The molecule has 0 unspecified atom stereocenters. The number of carbonyl (C=O) groups is 2. The van der Waals surface area contributed by atoms with Gasteiger partial charge in [-0.3, -0.25) is 29.6 Å². The second-order valence-electron chi connectivity index (χ2n) is 3.52. The van der Waals surface area contributed by atoms with Crippen LogP contribution in [-0.4, -0.2) is 28.0 Å². The number of urea groups is 1. The van der Waals surface area contributed by atoms with Gasteiger partial charge in [-0.2, -0.15) is 0 Å². The summed E-state index contributed by atoms with van der Waals surface area (Å²) in [6.07, 6.45) is 0.944. The predicted octanol–water partition coefficient (Wildman–Crippen LogP) is -0.398. The van der Waals surface area contributed by atoms with Crippen LogP contribution in [0.4, 0.5) is 10.5 Å². The number of aromatic nitrogens is 1. The highest BCUT2D eigenvalue weighted by molar-refractivity contribution is 5.94. The fourth-order valence-corrected chi connectivity index (χ4v) is 1.28. The van der Waals surface area contributed by atoms with Crippen LogP contribution in [0, 0.1) is 10.1 Å². The number of carbonyl (C=O) groups excluding carboxylic acids is 2. The summed E-state index contributed by atoms with van der Waals surface area (Å²) in [4.78, 5) is 43.8. The van der Waals surface area contributed by atoms with Crippen LogP contribution in [0.5, 0.6) is 0 Å². The van der Waals surface area contributed by atoms with Crippen molar-refractivity contribution in [2.75, 3.05) is 6.54 Å². The molecule has 1 aromatic heterocycles. The zero-order valence-corrected chi connectivity index (χ0v) is 10.1. The Kier molecular flexibility index (Phi) is 4.75. The Balaban J connectivity index is 2.79. The largest absolute Gasteiger partial charge is 0.338 e. The van der Waals surface area contributed by atoms with Crippen LogP contribution < -0.4 is 16.2 Å². The third-order valence-electron chi connectivity index (χ3n) is 2.08. The third-order valence-corrected chi connectivity index (χ3v) is 2.08. The van der Waals surface area contributed by atoms with Crippen LogP contribution in [0.3, 0.4) is 0 Å². The minimum absolute atomic E-state index is 0.314. The molecule has 0 saturated heterocycles. The molecule has 0 fully saturated rings. The molecule has 0 aromatic carbocycles. The number of nitrogens with zero attached hydrogens (tertiary/aromatic N) is 2. The molecule has 9 nitrogen and oxygen atoms in total. The topological polar surface area (TPSA) is 123 Å². The normalized spacial score (nSPS) is 9.74. The Morgan fingerprint density at radius 2 is 2.11 bits per heavy atom. The number of hydrogen-bond donors (Lipinski definition) is 2. The number of amides is 3. The first-order valence-electron chi connectivity index (χ1n) is 5.36. The van der Waals surface area contributed by atoms with Crippen LogP contribution in [-0.2, 0) is 11.3 Å². The van der Waals surface area contributed by atoms with E-state index in [1.165, 1.54) is 0 Å². The average Bonchev–Trinajstić information content (AvgIpc) is 2.31. The Morgan fingerprint density at radius 1 is 1.42 bits per heavy atom. The maximum absolute atomic E-state index is 11.4. The van der Waals surface area contributed by atoms with Gasteiger partial charge in [-0.05, 0) is 6.92 Å². The predicted molar refractivity (Wildman–Crippen MR) is 64.6 cm³/mol. The maximum atomic E-state index is 11.4. The molecule has 1 rings (SSSR count). The van der Waals surface area contributed by atoms with Gasteiger partial charge in [-0.25, -0.2) is 4.79 Å². The molecule has 3 amide bonds. The summed E-state index contributed by atoms with van der Waals surface area (Å²) < 4.78 is 0.854. The van der Waals surface area contributed by atoms with Crippen molar-refractivity contribution in [3.05, 3.63) is 38.8 Å². The molecule has 1 heterocycles. The second kappa shape index (κ2) is 6.28. The molecule has 2 N–H and O–H groups in total. The lowest BCUT2D eigenvalue weighted by Crippen LogP contribution is -2.41. The van der Waals surface area contributed by atoms with E-state index in [-0.39, 0.29) is 5.69 Å². The van der Waals surface area contributed by atoms with Crippen LogP contribution in [0.1, 0.15) is 6.92 Å².